The Morgan fingerprint density at radius 3 is 2.17 bits per heavy atom. The van der Waals surface area contributed by atoms with Gasteiger partial charge in [0.25, 0.3) is 8.32 Å². The van der Waals surface area contributed by atoms with Crippen molar-refractivity contribution in [2.24, 2.45) is 0 Å². The minimum absolute atomic E-state index is 0.0186. The van der Waals surface area contributed by atoms with Gasteiger partial charge < -0.3 is 14.9 Å². The number of aromatic nitrogens is 2. The number of carbonyl (C=O) groups excluding carboxylic acids is 1. The van der Waals surface area contributed by atoms with Gasteiger partial charge in [0, 0.05) is 12.6 Å². The van der Waals surface area contributed by atoms with E-state index in [0.29, 0.717) is 0 Å². The van der Waals surface area contributed by atoms with E-state index in [1.165, 1.54) is 19.2 Å². The Morgan fingerprint density at radius 1 is 1.14 bits per heavy atom. The van der Waals surface area contributed by atoms with E-state index in [-0.39, 0.29) is 23.9 Å². The van der Waals surface area contributed by atoms with Crippen LogP contribution in [-0.2, 0) is 19.7 Å². The molecule has 3 atom stereocenters. The third-order valence-electron chi connectivity index (χ3n) is 6.83. The summed E-state index contributed by atoms with van der Waals surface area (Å²) in [6.07, 6.45) is -1.36. The van der Waals surface area contributed by atoms with Crippen molar-refractivity contribution in [3.63, 3.8) is 0 Å². The fourth-order valence-corrected chi connectivity index (χ4v) is 9.79. The number of anilines is 1. The number of hydrogen-bond acceptors (Lipinski definition) is 6. The molecule has 1 aromatic heterocycles. The molecule has 0 aliphatic carbocycles. The second-order valence-corrected chi connectivity index (χ2v) is 14.5. The second kappa shape index (κ2) is 9.72. The van der Waals surface area contributed by atoms with E-state index >= 15 is 4.39 Å². The number of carbonyl (C=O) groups is 1. The Hall–Kier alpha value is -3.14. The van der Waals surface area contributed by atoms with E-state index in [9.17, 15) is 9.59 Å². The second-order valence-electron chi connectivity index (χ2n) is 10.2. The van der Waals surface area contributed by atoms with Crippen molar-refractivity contribution < 1.29 is 18.3 Å². The van der Waals surface area contributed by atoms with Crippen molar-refractivity contribution in [1.29, 1.82) is 0 Å². The van der Waals surface area contributed by atoms with Crippen molar-refractivity contribution in [1.82, 2.24) is 9.55 Å². The Bertz CT molecular complexity index is 1240. The minimum atomic E-state index is -2.89. The van der Waals surface area contributed by atoms with Crippen LogP contribution in [0, 0.1) is 0 Å². The number of nitrogen functional groups attached to an aromatic ring is 1. The Morgan fingerprint density at radius 2 is 1.69 bits per heavy atom. The quantitative estimate of drug-likeness (QED) is 0.492. The molecule has 1 fully saturated rings. The highest BCUT2D eigenvalue weighted by atomic mass is 28.4. The lowest BCUT2D eigenvalue weighted by Crippen LogP contribution is -2.67. The maximum absolute atomic E-state index is 15.6. The summed E-state index contributed by atoms with van der Waals surface area (Å²) < 4.78 is 29.4. The molecule has 3 aromatic rings. The van der Waals surface area contributed by atoms with E-state index in [1.54, 1.807) is 0 Å². The maximum atomic E-state index is 15.6. The highest BCUT2D eigenvalue weighted by Gasteiger charge is 2.57. The molecule has 0 amide bonds. The molecule has 1 saturated heterocycles. The number of nitrogens with two attached hydrogens (primary N) is 1. The molecule has 0 unspecified atom stereocenters. The molecule has 1 aliphatic rings. The fourth-order valence-electron chi connectivity index (χ4n) is 5.20. The van der Waals surface area contributed by atoms with Crippen LogP contribution in [0.5, 0.6) is 0 Å². The highest BCUT2D eigenvalue weighted by Crippen LogP contribution is 2.40. The van der Waals surface area contributed by atoms with Crippen LogP contribution < -0.4 is 21.8 Å². The molecule has 0 saturated carbocycles. The molecule has 7 nitrogen and oxygen atoms in total. The lowest BCUT2D eigenvalue weighted by atomic mass is 10.0. The zero-order chi connectivity index (χ0) is 26.1. The Kier molecular flexibility index (Phi) is 7.00. The number of halogens is 1. The van der Waals surface area contributed by atoms with Gasteiger partial charge in [0.2, 0.25) is 5.72 Å². The van der Waals surface area contributed by atoms with Crippen molar-refractivity contribution in [2.75, 3.05) is 12.3 Å². The van der Waals surface area contributed by atoms with Gasteiger partial charge in [-0.05, 0) is 28.4 Å². The van der Waals surface area contributed by atoms with Crippen molar-refractivity contribution in [3.8, 4) is 0 Å². The van der Waals surface area contributed by atoms with Crippen LogP contribution in [0.1, 0.15) is 34.1 Å². The van der Waals surface area contributed by atoms with Gasteiger partial charge >= 0.3 is 5.69 Å². The molecule has 0 spiro atoms. The van der Waals surface area contributed by atoms with E-state index in [4.69, 9.17) is 14.9 Å². The van der Waals surface area contributed by atoms with Crippen LogP contribution in [0.2, 0.25) is 5.04 Å². The number of ether oxygens (including phenoxy) is 1. The first-order chi connectivity index (χ1) is 17.0. The summed E-state index contributed by atoms with van der Waals surface area (Å²) in [5.41, 5.74) is 2.64. The summed E-state index contributed by atoms with van der Waals surface area (Å²) in [6.45, 7) is 7.70. The topological polar surface area (TPSA) is 96.4 Å². The molecule has 1 aliphatic heterocycles. The highest BCUT2D eigenvalue weighted by molar-refractivity contribution is 6.99. The largest absolute Gasteiger partial charge is 0.405 e. The minimum Gasteiger partial charge on any atom is -0.405 e. The molecule has 36 heavy (non-hydrogen) atoms. The SMILES string of the molecule is CC(=O)[C@@]1(n2ccc(N)nc2=O)O[C@H](CO[Si](c2ccccc2)(c2ccccc2)C(C)(C)C)C[C@H]1F. The van der Waals surface area contributed by atoms with E-state index in [0.717, 1.165) is 14.9 Å². The summed E-state index contributed by atoms with van der Waals surface area (Å²) >= 11 is 0. The van der Waals surface area contributed by atoms with Crippen molar-refractivity contribution >= 4 is 30.3 Å². The molecule has 9 heteroatoms. The molecular formula is C27H32FN3O4Si. The first-order valence-electron chi connectivity index (χ1n) is 12.0. The molecule has 2 aromatic carbocycles. The number of nitrogens with zero attached hydrogens (tertiary/aromatic N) is 2. The first kappa shape index (κ1) is 25.9. The number of hydrogen-bond donors (Lipinski definition) is 1. The predicted molar refractivity (Wildman–Crippen MR) is 140 cm³/mol. The molecule has 0 bridgehead atoms. The predicted octanol–water partition coefficient (Wildman–Crippen LogP) is 2.77. The van der Waals surface area contributed by atoms with Crippen LogP contribution in [0.25, 0.3) is 0 Å². The summed E-state index contributed by atoms with van der Waals surface area (Å²) in [4.78, 5) is 29.0. The fraction of sp³-hybridized carbons (Fsp3) is 0.370. The summed E-state index contributed by atoms with van der Waals surface area (Å²) in [5, 5.41) is 1.88. The summed E-state index contributed by atoms with van der Waals surface area (Å²) in [6, 6.07) is 21.5. The zero-order valence-corrected chi connectivity index (χ0v) is 22.0. The number of Topliss-reactive ketones (excluding diaryl/α,β-unsaturated/α-hetero) is 1. The van der Waals surface area contributed by atoms with Crippen LogP contribution in [0.4, 0.5) is 10.2 Å². The number of benzene rings is 2. The molecule has 2 heterocycles. The van der Waals surface area contributed by atoms with E-state index < -0.39 is 37.8 Å². The molecular weight excluding hydrogens is 477 g/mol. The lowest BCUT2D eigenvalue weighted by molar-refractivity contribution is -0.167. The number of alkyl halides is 1. The van der Waals surface area contributed by atoms with Gasteiger partial charge in [0.05, 0.1) is 12.7 Å². The average molecular weight is 510 g/mol. The zero-order valence-electron chi connectivity index (χ0n) is 21.0. The van der Waals surface area contributed by atoms with Crippen LogP contribution in [0.15, 0.2) is 77.7 Å². The van der Waals surface area contributed by atoms with Crippen LogP contribution in [0.3, 0.4) is 0 Å². The van der Waals surface area contributed by atoms with Crippen molar-refractivity contribution in [2.45, 2.75) is 57.2 Å². The van der Waals surface area contributed by atoms with E-state index in [2.05, 4.69) is 50.0 Å². The van der Waals surface area contributed by atoms with Gasteiger partial charge in [-0.1, -0.05) is 81.4 Å². The Labute approximate surface area is 211 Å². The number of rotatable bonds is 7. The standard InChI is InChI=1S/C27H32FN3O4Si/c1-19(32)27(31-16-15-24(29)30-25(31)33)23(28)17-20(35-27)18-34-36(26(2,3)4,21-11-7-5-8-12-21)22-13-9-6-10-14-22/h5-16,20,23H,17-18H2,1-4H3,(H2,29,30,33)/t20-,23+,27+/m0/s1. The molecule has 2 N–H and O–H groups in total. The van der Waals surface area contributed by atoms with Crippen LogP contribution in [-0.4, -0.2) is 42.5 Å². The van der Waals surface area contributed by atoms with Crippen molar-refractivity contribution in [3.05, 3.63) is 83.4 Å². The number of ketones is 1. The van der Waals surface area contributed by atoms with Crippen LogP contribution >= 0.6 is 0 Å². The van der Waals surface area contributed by atoms with E-state index in [1.807, 2.05) is 36.4 Å². The summed E-state index contributed by atoms with van der Waals surface area (Å²) in [7, 11) is -2.89. The van der Waals surface area contributed by atoms with Gasteiger partial charge in [0.15, 0.2) is 12.0 Å². The van der Waals surface area contributed by atoms with Gasteiger partial charge in [-0.2, -0.15) is 4.98 Å². The maximum Gasteiger partial charge on any atom is 0.352 e. The molecule has 190 valence electrons. The first-order valence-corrected chi connectivity index (χ1v) is 13.9. The third-order valence-corrected chi connectivity index (χ3v) is 11.8. The molecule has 0 radical (unpaired) electrons. The normalized spacial score (nSPS) is 22.5. The monoisotopic (exact) mass is 509 g/mol. The van der Waals surface area contributed by atoms with Gasteiger partial charge in [0.1, 0.15) is 5.82 Å². The average Bonchev–Trinajstić information content (AvgIpc) is 3.17. The van der Waals surface area contributed by atoms with Gasteiger partial charge in [-0.25, -0.2) is 9.18 Å². The summed E-state index contributed by atoms with van der Waals surface area (Å²) in [5.74, 6) is -0.647. The third kappa shape index (κ3) is 4.31. The van der Waals surface area contributed by atoms with Gasteiger partial charge in [-0.3, -0.25) is 9.36 Å². The molecule has 4 rings (SSSR count). The van der Waals surface area contributed by atoms with Gasteiger partial charge in [-0.15, -0.1) is 0 Å². The smallest absolute Gasteiger partial charge is 0.352 e. The lowest BCUT2D eigenvalue weighted by Gasteiger charge is -2.43. The Balaban J connectivity index is 1.72.